The second-order valence-corrected chi connectivity index (χ2v) is 8.70. The van der Waals surface area contributed by atoms with Crippen molar-refractivity contribution in [2.75, 3.05) is 5.32 Å². The number of carbonyl (C=O) groups is 2. The summed E-state index contributed by atoms with van der Waals surface area (Å²) in [4.78, 5) is 25.9. The van der Waals surface area contributed by atoms with Crippen molar-refractivity contribution in [2.45, 2.75) is 43.0 Å². The minimum Gasteiger partial charge on any atom is -0.382 e. The van der Waals surface area contributed by atoms with E-state index in [0.29, 0.717) is 11.3 Å². The van der Waals surface area contributed by atoms with E-state index in [1.54, 1.807) is 24.3 Å². The molecular formula is C20H20N2O5S. The first kappa shape index (κ1) is 18.8. The van der Waals surface area contributed by atoms with Crippen LogP contribution in [0.25, 0.3) is 0 Å². The third-order valence-corrected chi connectivity index (χ3v) is 6.45. The molecule has 2 aliphatic rings. The third-order valence-electron chi connectivity index (χ3n) is 5.38. The van der Waals surface area contributed by atoms with Gasteiger partial charge in [-0.25, -0.2) is 0 Å². The minimum absolute atomic E-state index is 0.0418. The number of benzene rings is 2. The van der Waals surface area contributed by atoms with E-state index in [9.17, 15) is 18.0 Å². The van der Waals surface area contributed by atoms with E-state index >= 15 is 0 Å². The lowest BCUT2D eigenvalue weighted by molar-refractivity contribution is 0.0979. The molecule has 0 atom stereocenters. The van der Waals surface area contributed by atoms with Gasteiger partial charge in [-0.1, -0.05) is 43.5 Å². The maximum Gasteiger partial charge on any atom is 0.312 e. The maximum absolute atomic E-state index is 13.1. The predicted octanol–water partition coefficient (Wildman–Crippen LogP) is 2.79. The molecular weight excluding hydrogens is 380 g/mol. The van der Waals surface area contributed by atoms with Gasteiger partial charge in [0, 0.05) is 28.4 Å². The van der Waals surface area contributed by atoms with Gasteiger partial charge in [-0.05, 0) is 25.0 Å². The zero-order valence-corrected chi connectivity index (χ0v) is 15.9. The number of carbonyl (C=O) groups excluding carboxylic acids is 2. The molecule has 2 aromatic rings. The lowest BCUT2D eigenvalue weighted by atomic mass is 9.83. The summed E-state index contributed by atoms with van der Waals surface area (Å²) in [5.74, 6) is 4.23. The summed E-state index contributed by atoms with van der Waals surface area (Å²) in [7, 11) is -4.24. The topological polar surface area (TPSA) is 116 Å². The van der Waals surface area contributed by atoms with Gasteiger partial charge in [0.05, 0.1) is 10.5 Å². The van der Waals surface area contributed by atoms with Crippen LogP contribution in [-0.4, -0.2) is 26.0 Å². The van der Waals surface area contributed by atoms with Gasteiger partial charge in [0.1, 0.15) is 0 Å². The molecule has 0 unspecified atom stereocenters. The molecule has 1 fully saturated rings. The molecule has 3 N–H and O–H groups in total. The fourth-order valence-electron chi connectivity index (χ4n) is 3.98. The van der Waals surface area contributed by atoms with Crippen LogP contribution in [0.4, 0.5) is 5.69 Å². The molecule has 2 aliphatic carbocycles. The highest BCUT2D eigenvalue weighted by Gasteiger charge is 2.34. The van der Waals surface area contributed by atoms with Crippen molar-refractivity contribution in [1.29, 1.82) is 0 Å². The van der Waals surface area contributed by atoms with Crippen LogP contribution in [0.2, 0.25) is 0 Å². The van der Waals surface area contributed by atoms with Gasteiger partial charge >= 0.3 is 10.1 Å². The van der Waals surface area contributed by atoms with E-state index in [0.717, 1.165) is 32.1 Å². The quantitative estimate of drug-likeness (QED) is 0.647. The largest absolute Gasteiger partial charge is 0.382 e. The van der Waals surface area contributed by atoms with Gasteiger partial charge in [0.2, 0.25) is 0 Å². The van der Waals surface area contributed by atoms with Gasteiger partial charge in [-0.15, -0.1) is 0 Å². The molecule has 8 heteroatoms. The standard InChI is InChI=1S/C20H20N2O5S/c21-27-28(25,26)13-10-16-18(17(11-13)22-12-6-2-1-3-7-12)20(24)15-9-5-4-8-14(15)19(16)23/h4-5,8-12,22H,1-3,6-7,21H2. The molecule has 0 amide bonds. The molecule has 146 valence electrons. The molecule has 0 bridgehead atoms. The summed E-state index contributed by atoms with van der Waals surface area (Å²) in [6.45, 7) is 0. The average Bonchev–Trinajstić information content (AvgIpc) is 2.72. The van der Waals surface area contributed by atoms with Crippen LogP contribution in [0.3, 0.4) is 0 Å². The van der Waals surface area contributed by atoms with Gasteiger partial charge in [-0.3, -0.25) is 9.59 Å². The first-order valence-corrected chi connectivity index (χ1v) is 10.6. The van der Waals surface area contributed by atoms with Crippen LogP contribution in [0.1, 0.15) is 63.9 Å². The first-order chi connectivity index (χ1) is 13.4. The van der Waals surface area contributed by atoms with Crippen molar-refractivity contribution >= 4 is 27.4 Å². The van der Waals surface area contributed by atoms with Crippen LogP contribution in [0.15, 0.2) is 41.3 Å². The van der Waals surface area contributed by atoms with E-state index in [1.165, 1.54) is 12.1 Å². The van der Waals surface area contributed by atoms with Crippen molar-refractivity contribution < 1.29 is 22.3 Å². The van der Waals surface area contributed by atoms with Gasteiger partial charge < -0.3 is 5.32 Å². The molecule has 28 heavy (non-hydrogen) atoms. The molecule has 0 heterocycles. The Morgan fingerprint density at radius 2 is 1.57 bits per heavy atom. The highest BCUT2D eigenvalue weighted by atomic mass is 32.2. The van der Waals surface area contributed by atoms with E-state index in [1.807, 2.05) is 0 Å². The summed E-state index contributed by atoms with van der Waals surface area (Å²) in [5.41, 5.74) is 1.14. The number of nitrogens with two attached hydrogens (primary N) is 1. The Hall–Kier alpha value is -2.55. The van der Waals surface area contributed by atoms with Crippen LogP contribution < -0.4 is 11.2 Å². The van der Waals surface area contributed by atoms with Gasteiger partial charge in [0.25, 0.3) is 0 Å². The second-order valence-electron chi connectivity index (χ2n) is 7.13. The molecule has 0 aliphatic heterocycles. The zero-order valence-electron chi connectivity index (χ0n) is 15.1. The van der Waals surface area contributed by atoms with Gasteiger partial charge in [-0.2, -0.15) is 18.6 Å². The minimum atomic E-state index is -4.24. The highest BCUT2D eigenvalue weighted by molar-refractivity contribution is 7.86. The Morgan fingerprint density at radius 3 is 2.21 bits per heavy atom. The number of hydrogen-bond donors (Lipinski definition) is 2. The summed E-state index contributed by atoms with van der Waals surface area (Å²) in [5, 5.41) is 3.29. The van der Waals surface area contributed by atoms with Crippen LogP contribution in [0, 0.1) is 0 Å². The van der Waals surface area contributed by atoms with E-state index in [-0.39, 0.29) is 33.4 Å². The SMILES string of the molecule is NOS(=O)(=O)c1cc(NC2CCCCC2)c2c(c1)C(=O)c1ccccc1C2=O. The Labute approximate surface area is 163 Å². The lowest BCUT2D eigenvalue weighted by Crippen LogP contribution is -2.28. The summed E-state index contributed by atoms with van der Waals surface area (Å²) in [6, 6.07) is 9.14. The Kier molecular flexibility index (Phi) is 4.78. The van der Waals surface area contributed by atoms with Crippen LogP contribution in [0.5, 0.6) is 0 Å². The summed E-state index contributed by atoms with van der Waals surface area (Å²) in [6.07, 6.45) is 5.09. The molecule has 4 rings (SSSR count). The lowest BCUT2D eigenvalue weighted by Gasteiger charge is -2.27. The van der Waals surface area contributed by atoms with Crippen molar-refractivity contribution in [2.24, 2.45) is 5.90 Å². The molecule has 0 saturated heterocycles. The summed E-state index contributed by atoms with van der Waals surface area (Å²) < 4.78 is 28.5. The predicted molar refractivity (Wildman–Crippen MR) is 103 cm³/mol. The van der Waals surface area contributed by atoms with Crippen molar-refractivity contribution in [3.8, 4) is 0 Å². The van der Waals surface area contributed by atoms with E-state index < -0.39 is 15.9 Å². The zero-order chi connectivity index (χ0) is 19.9. The Balaban J connectivity index is 1.90. The number of anilines is 1. The second kappa shape index (κ2) is 7.12. The molecule has 1 saturated carbocycles. The average molecular weight is 400 g/mol. The smallest absolute Gasteiger partial charge is 0.312 e. The van der Waals surface area contributed by atoms with E-state index in [4.69, 9.17) is 5.90 Å². The normalized spacial score (nSPS) is 17.2. The van der Waals surface area contributed by atoms with Crippen LogP contribution in [-0.2, 0) is 14.4 Å². The number of fused-ring (bicyclic) bond motifs is 2. The molecule has 0 radical (unpaired) electrons. The number of nitrogens with one attached hydrogen (secondary N) is 1. The number of ketones is 2. The van der Waals surface area contributed by atoms with Crippen molar-refractivity contribution in [1.82, 2.24) is 0 Å². The molecule has 0 aromatic heterocycles. The van der Waals surface area contributed by atoms with Crippen LogP contribution >= 0.6 is 0 Å². The Bertz CT molecular complexity index is 1070. The summed E-state index contributed by atoms with van der Waals surface area (Å²) >= 11 is 0. The molecule has 7 nitrogen and oxygen atoms in total. The highest BCUT2D eigenvalue weighted by Crippen LogP contribution is 2.36. The maximum atomic E-state index is 13.1. The first-order valence-electron chi connectivity index (χ1n) is 9.19. The monoisotopic (exact) mass is 400 g/mol. The third kappa shape index (κ3) is 3.13. The molecule has 2 aromatic carbocycles. The fraction of sp³-hybridized carbons (Fsp3) is 0.300. The Morgan fingerprint density at radius 1 is 0.929 bits per heavy atom. The van der Waals surface area contributed by atoms with Crippen molar-refractivity contribution in [3.05, 3.63) is 58.7 Å². The van der Waals surface area contributed by atoms with Crippen molar-refractivity contribution in [3.63, 3.8) is 0 Å². The fourth-order valence-corrected chi connectivity index (χ4v) is 4.61. The van der Waals surface area contributed by atoms with E-state index in [2.05, 4.69) is 9.60 Å². The number of rotatable bonds is 4. The number of hydrogen-bond acceptors (Lipinski definition) is 7. The molecule has 0 spiro atoms. The van der Waals surface area contributed by atoms with Gasteiger partial charge in [0.15, 0.2) is 11.6 Å².